The molecule has 2 aromatic rings. The lowest BCUT2D eigenvalue weighted by molar-refractivity contribution is 0.489. The van der Waals surface area contributed by atoms with Crippen LogP contribution in [-0.2, 0) is 6.42 Å². The molecule has 0 aliphatic carbocycles. The van der Waals surface area contributed by atoms with Gasteiger partial charge in [-0.2, -0.15) is 0 Å². The van der Waals surface area contributed by atoms with Gasteiger partial charge in [-0.15, -0.1) is 47.1 Å². The molecular weight excluding hydrogens is 437 g/mol. The minimum Gasteiger partial charge on any atom is -0.355 e. The predicted octanol–water partition coefficient (Wildman–Crippen LogP) is 4.21. The molecule has 3 nitrogen and oxygen atoms in total. The van der Waals surface area contributed by atoms with Crippen LogP contribution in [0.5, 0.6) is 0 Å². The van der Waals surface area contributed by atoms with Crippen molar-refractivity contribution in [2.24, 2.45) is 4.99 Å². The van der Waals surface area contributed by atoms with E-state index in [2.05, 4.69) is 64.0 Å². The number of thioether (sulfide) groups is 1. The zero-order chi connectivity index (χ0) is 15.6. The van der Waals surface area contributed by atoms with Gasteiger partial charge in [0.2, 0.25) is 0 Å². The summed E-state index contributed by atoms with van der Waals surface area (Å²) in [5, 5.41) is 5.56. The van der Waals surface area contributed by atoms with E-state index >= 15 is 0 Å². The number of aliphatic imine (C=N–C) groups is 1. The lowest BCUT2D eigenvalue weighted by Gasteiger charge is -2.21. The molecule has 23 heavy (non-hydrogen) atoms. The molecule has 0 spiro atoms. The van der Waals surface area contributed by atoms with Gasteiger partial charge in [0.25, 0.3) is 0 Å². The van der Waals surface area contributed by atoms with Gasteiger partial charge in [0, 0.05) is 42.7 Å². The van der Waals surface area contributed by atoms with E-state index in [4.69, 9.17) is 0 Å². The Morgan fingerprint density at radius 1 is 1.22 bits per heavy atom. The van der Waals surface area contributed by atoms with Crippen molar-refractivity contribution in [2.45, 2.75) is 11.3 Å². The lowest BCUT2D eigenvalue weighted by Crippen LogP contribution is -2.40. The molecule has 0 saturated heterocycles. The molecule has 0 atom stereocenters. The molecule has 2 rings (SSSR count). The molecule has 1 N–H and O–H groups in total. The average molecular weight is 461 g/mol. The lowest BCUT2D eigenvalue weighted by atomic mass is 10.3. The number of thiophene rings is 1. The van der Waals surface area contributed by atoms with Crippen molar-refractivity contribution < 1.29 is 0 Å². The predicted molar refractivity (Wildman–Crippen MR) is 115 cm³/mol. The summed E-state index contributed by atoms with van der Waals surface area (Å²) in [5.41, 5.74) is 0. The molecule has 6 heteroatoms. The third kappa shape index (κ3) is 7.58. The smallest absolute Gasteiger partial charge is 0.193 e. The normalized spacial score (nSPS) is 11.0. The molecule has 1 aromatic heterocycles. The van der Waals surface area contributed by atoms with Gasteiger partial charge in [0.1, 0.15) is 0 Å². The topological polar surface area (TPSA) is 27.6 Å². The van der Waals surface area contributed by atoms with Crippen molar-refractivity contribution in [3.8, 4) is 0 Å². The zero-order valence-corrected chi connectivity index (χ0v) is 17.5. The van der Waals surface area contributed by atoms with Crippen LogP contribution in [-0.4, -0.2) is 43.8 Å². The Bertz CT molecular complexity index is 558. The van der Waals surface area contributed by atoms with Crippen LogP contribution in [0.3, 0.4) is 0 Å². The first kappa shape index (κ1) is 20.3. The summed E-state index contributed by atoms with van der Waals surface area (Å²) in [5.74, 6) is 1.99. The molecule has 0 radical (unpaired) electrons. The highest BCUT2D eigenvalue weighted by Gasteiger charge is 2.05. The third-order valence-corrected chi connectivity index (χ3v) is 5.19. The summed E-state index contributed by atoms with van der Waals surface area (Å²) in [6.45, 7) is 1.89. The minimum absolute atomic E-state index is 0. The van der Waals surface area contributed by atoms with Crippen LogP contribution in [0.15, 0.2) is 57.7 Å². The molecule has 0 saturated carbocycles. The van der Waals surface area contributed by atoms with Gasteiger partial charge < -0.3 is 10.2 Å². The van der Waals surface area contributed by atoms with Crippen molar-refractivity contribution in [1.82, 2.24) is 10.2 Å². The van der Waals surface area contributed by atoms with Crippen LogP contribution in [0.1, 0.15) is 4.88 Å². The molecule has 0 aliphatic heterocycles. The molecule has 0 amide bonds. The van der Waals surface area contributed by atoms with Crippen LogP contribution in [0.25, 0.3) is 0 Å². The second-order valence-corrected chi connectivity index (χ2v) is 7.09. The number of nitrogens with one attached hydrogen (secondary N) is 1. The van der Waals surface area contributed by atoms with E-state index in [1.165, 1.54) is 9.77 Å². The Hall–Kier alpha value is -0.730. The van der Waals surface area contributed by atoms with Gasteiger partial charge in [-0.05, 0) is 30.0 Å². The monoisotopic (exact) mass is 461 g/mol. The largest absolute Gasteiger partial charge is 0.355 e. The molecule has 126 valence electrons. The quantitative estimate of drug-likeness (QED) is 0.220. The number of nitrogens with zero attached hydrogens (tertiary/aromatic N) is 2. The van der Waals surface area contributed by atoms with Crippen molar-refractivity contribution in [1.29, 1.82) is 0 Å². The maximum Gasteiger partial charge on any atom is 0.193 e. The second-order valence-electron chi connectivity index (χ2n) is 4.89. The van der Waals surface area contributed by atoms with E-state index in [1.54, 1.807) is 0 Å². The highest BCUT2D eigenvalue weighted by atomic mass is 127. The zero-order valence-electron chi connectivity index (χ0n) is 13.6. The summed E-state index contributed by atoms with van der Waals surface area (Å²) in [6, 6.07) is 14.8. The Labute approximate surface area is 164 Å². The third-order valence-electron chi connectivity index (χ3n) is 3.24. The number of halogens is 1. The summed E-state index contributed by atoms with van der Waals surface area (Å²) < 4.78 is 0. The van der Waals surface area contributed by atoms with E-state index in [9.17, 15) is 0 Å². The molecule has 0 aliphatic rings. The highest BCUT2D eigenvalue weighted by molar-refractivity contribution is 14.0. The number of rotatable bonds is 7. The number of hydrogen-bond donors (Lipinski definition) is 1. The van der Waals surface area contributed by atoms with Crippen LogP contribution < -0.4 is 5.32 Å². The summed E-state index contributed by atoms with van der Waals surface area (Å²) in [7, 11) is 3.93. The summed E-state index contributed by atoms with van der Waals surface area (Å²) >= 11 is 3.67. The van der Waals surface area contributed by atoms with E-state index in [0.29, 0.717) is 0 Å². The first-order chi connectivity index (χ1) is 10.8. The Morgan fingerprint density at radius 3 is 2.65 bits per heavy atom. The van der Waals surface area contributed by atoms with Crippen LogP contribution >= 0.6 is 47.1 Å². The van der Waals surface area contributed by atoms with Crippen LogP contribution in [0.2, 0.25) is 0 Å². The SMILES string of the molecule is CN=C(NCCSc1ccccc1)N(C)CCc1cccs1.I. The average Bonchev–Trinajstić information content (AvgIpc) is 3.07. The second kappa shape index (κ2) is 11.8. The van der Waals surface area contributed by atoms with E-state index in [0.717, 1.165) is 31.2 Å². The summed E-state index contributed by atoms with van der Waals surface area (Å²) in [4.78, 5) is 9.27. The Balaban J connectivity index is 0.00000264. The van der Waals surface area contributed by atoms with Gasteiger partial charge in [0.05, 0.1) is 0 Å². The van der Waals surface area contributed by atoms with Crippen LogP contribution in [0.4, 0.5) is 0 Å². The number of hydrogen-bond acceptors (Lipinski definition) is 3. The van der Waals surface area contributed by atoms with Gasteiger partial charge in [-0.3, -0.25) is 4.99 Å². The van der Waals surface area contributed by atoms with Crippen molar-refractivity contribution >= 4 is 53.0 Å². The number of benzene rings is 1. The van der Waals surface area contributed by atoms with E-state index in [-0.39, 0.29) is 24.0 Å². The molecule has 1 heterocycles. The standard InChI is InChI=1S/C17H23N3S2.HI/c1-18-17(20(2)12-10-16-9-6-13-21-16)19-11-14-22-15-7-4-3-5-8-15;/h3-9,13H,10-12,14H2,1-2H3,(H,18,19);1H. The van der Waals surface area contributed by atoms with E-state index in [1.807, 2.05) is 36.2 Å². The number of likely N-dealkylation sites (N-methyl/N-ethyl adjacent to an activating group) is 1. The molecule has 0 bridgehead atoms. The van der Waals surface area contributed by atoms with E-state index < -0.39 is 0 Å². The first-order valence-electron chi connectivity index (χ1n) is 7.41. The van der Waals surface area contributed by atoms with Crippen LogP contribution in [0, 0.1) is 0 Å². The maximum absolute atomic E-state index is 4.36. The minimum atomic E-state index is 0. The molecule has 1 aromatic carbocycles. The fourth-order valence-corrected chi connectivity index (χ4v) is 3.56. The Kier molecular flexibility index (Phi) is 10.4. The number of guanidine groups is 1. The highest BCUT2D eigenvalue weighted by Crippen LogP contribution is 2.15. The fourth-order valence-electron chi connectivity index (χ4n) is 2.07. The fraction of sp³-hybridized carbons (Fsp3) is 0.353. The van der Waals surface area contributed by atoms with Crippen molar-refractivity contribution in [3.63, 3.8) is 0 Å². The summed E-state index contributed by atoms with van der Waals surface area (Å²) in [6.07, 6.45) is 1.06. The molecular formula is C17H24IN3S2. The van der Waals surface area contributed by atoms with Crippen molar-refractivity contribution in [3.05, 3.63) is 52.7 Å². The first-order valence-corrected chi connectivity index (χ1v) is 9.28. The van der Waals surface area contributed by atoms with Gasteiger partial charge in [-0.25, -0.2) is 0 Å². The van der Waals surface area contributed by atoms with Gasteiger partial charge in [-0.1, -0.05) is 24.3 Å². The van der Waals surface area contributed by atoms with Gasteiger partial charge >= 0.3 is 0 Å². The molecule has 0 unspecified atom stereocenters. The maximum atomic E-state index is 4.36. The van der Waals surface area contributed by atoms with Crippen molar-refractivity contribution in [2.75, 3.05) is 32.9 Å². The van der Waals surface area contributed by atoms with Gasteiger partial charge in [0.15, 0.2) is 5.96 Å². The molecule has 0 fully saturated rings. The Morgan fingerprint density at radius 2 is 2.00 bits per heavy atom.